The molecule has 0 atom stereocenters. The summed E-state index contributed by atoms with van der Waals surface area (Å²) in [6, 6.07) is 0. The zero-order valence-corrected chi connectivity index (χ0v) is 5.24. The Morgan fingerprint density at radius 1 is 1.64 bits per heavy atom. The molecule has 58 valence electrons. The summed E-state index contributed by atoms with van der Waals surface area (Å²) in [6.07, 6.45) is 0.780. The van der Waals surface area contributed by atoms with Gasteiger partial charge in [-0.1, -0.05) is 0 Å². The highest BCUT2D eigenvalue weighted by molar-refractivity contribution is 5.82. The number of nitrogens with one attached hydrogen (secondary N) is 1. The van der Waals surface area contributed by atoms with Crippen molar-refractivity contribution in [3.8, 4) is 5.75 Å². The molecule has 0 amide bonds. The van der Waals surface area contributed by atoms with E-state index in [2.05, 4.69) is 4.98 Å². The van der Waals surface area contributed by atoms with Crippen molar-refractivity contribution in [3.63, 3.8) is 0 Å². The number of hydrogen-bond acceptors (Lipinski definition) is 4. The molecule has 1 aromatic rings. The maximum atomic E-state index is 10.5. The highest BCUT2D eigenvalue weighted by atomic mass is 16.4. The molecule has 0 radical (unpaired) electrons. The van der Waals surface area contributed by atoms with Crippen molar-refractivity contribution in [1.29, 1.82) is 0 Å². The number of aromatic amines is 1. The average molecular weight is 156 g/mol. The molecule has 0 aliphatic heterocycles. The normalized spacial score (nSPS) is 9.45. The molecule has 0 bridgehead atoms. The lowest BCUT2D eigenvalue weighted by Gasteiger charge is -1.91. The van der Waals surface area contributed by atoms with E-state index in [-0.39, 0.29) is 0 Å². The van der Waals surface area contributed by atoms with E-state index in [1.54, 1.807) is 0 Å². The Morgan fingerprint density at radius 3 is 2.73 bits per heavy atom. The molecule has 0 aliphatic carbocycles. The van der Waals surface area contributed by atoms with Crippen molar-refractivity contribution in [2.24, 2.45) is 0 Å². The maximum Gasteiger partial charge on any atom is 0.372 e. The summed E-state index contributed by atoms with van der Waals surface area (Å²) in [5.41, 5.74) is -0.864. The molecule has 1 rings (SSSR count). The summed E-state index contributed by atoms with van der Waals surface area (Å²) in [6.45, 7) is 0. The molecule has 0 aliphatic rings. The zero-order chi connectivity index (χ0) is 8.43. The van der Waals surface area contributed by atoms with Gasteiger partial charge in [0.2, 0.25) is 5.82 Å². The standard InChI is InChI=1S/C5H4N2O4/c8-2-1-6-3(5(10)11)7-4(2)9/h1,8H,(H,10,11)(H,6,7,9). The molecule has 11 heavy (non-hydrogen) atoms. The molecule has 3 N–H and O–H groups in total. The number of H-pyrrole nitrogens is 1. The quantitative estimate of drug-likeness (QED) is 0.492. The highest BCUT2D eigenvalue weighted by Gasteiger charge is 2.06. The van der Waals surface area contributed by atoms with Crippen LogP contribution in [0.4, 0.5) is 0 Å². The van der Waals surface area contributed by atoms with Gasteiger partial charge in [0.15, 0.2) is 5.75 Å². The molecule has 0 fully saturated rings. The van der Waals surface area contributed by atoms with Gasteiger partial charge in [-0.3, -0.25) is 9.78 Å². The third kappa shape index (κ3) is 1.34. The fourth-order valence-electron chi connectivity index (χ4n) is 0.497. The molecule has 0 unspecified atom stereocenters. The van der Waals surface area contributed by atoms with Crippen LogP contribution in [0.3, 0.4) is 0 Å². The Labute approximate surface area is 60.1 Å². The minimum absolute atomic E-state index is 0.493. The molecule has 6 heteroatoms. The van der Waals surface area contributed by atoms with Gasteiger partial charge in [0.1, 0.15) is 0 Å². The van der Waals surface area contributed by atoms with Crippen LogP contribution in [0.15, 0.2) is 11.0 Å². The predicted octanol–water partition coefficient (Wildman–Crippen LogP) is -0.826. The average Bonchev–Trinajstić information content (AvgIpc) is 1.94. The second-order valence-electron chi connectivity index (χ2n) is 1.75. The van der Waals surface area contributed by atoms with E-state index in [1.165, 1.54) is 0 Å². The number of hydrogen-bond donors (Lipinski definition) is 3. The Hall–Kier alpha value is -1.85. The van der Waals surface area contributed by atoms with E-state index >= 15 is 0 Å². The maximum absolute atomic E-state index is 10.5. The number of aromatic hydroxyl groups is 1. The minimum atomic E-state index is -1.35. The Bertz CT molecular complexity index is 343. The first-order valence-electron chi connectivity index (χ1n) is 2.63. The second-order valence-corrected chi connectivity index (χ2v) is 1.75. The summed E-state index contributed by atoms with van der Waals surface area (Å²) < 4.78 is 0. The van der Waals surface area contributed by atoms with Gasteiger partial charge in [0, 0.05) is 0 Å². The largest absolute Gasteiger partial charge is 0.502 e. The predicted molar refractivity (Wildman–Crippen MR) is 33.5 cm³/mol. The summed E-state index contributed by atoms with van der Waals surface area (Å²) in [5, 5.41) is 16.9. The molecule has 0 aromatic carbocycles. The molecular formula is C5H4N2O4. The van der Waals surface area contributed by atoms with E-state index in [0.717, 1.165) is 6.20 Å². The Kier molecular flexibility index (Phi) is 1.59. The molecule has 6 nitrogen and oxygen atoms in total. The first-order chi connectivity index (χ1) is 5.11. The van der Waals surface area contributed by atoms with Crippen LogP contribution in [0.1, 0.15) is 10.6 Å². The van der Waals surface area contributed by atoms with Gasteiger partial charge in [0.25, 0.3) is 5.56 Å². The first kappa shape index (κ1) is 7.26. The number of nitrogens with zero attached hydrogens (tertiary/aromatic N) is 1. The van der Waals surface area contributed by atoms with Crippen molar-refractivity contribution in [1.82, 2.24) is 9.97 Å². The lowest BCUT2D eigenvalue weighted by molar-refractivity contribution is 0.0683. The van der Waals surface area contributed by atoms with Crippen molar-refractivity contribution < 1.29 is 15.0 Å². The van der Waals surface area contributed by atoms with Crippen molar-refractivity contribution in [2.45, 2.75) is 0 Å². The van der Waals surface area contributed by atoms with Gasteiger partial charge in [-0.25, -0.2) is 9.78 Å². The van der Waals surface area contributed by atoms with Crippen LogP contribution in [0.5, 0.6) is 5.75 Å². The van der Waals surface area contributed by atoms with Crippen LogP contribution in [-0.4, -0.2) is 26.2 Å². The van der Waals surface area contributed by atoms with Gasteiger partial charge in [-0.05, 0) is 0 Å². The van der Waals surface area contributed by atoms with Crippen molar-refractivity contribution in [3.05, 3.63) is 22.4 Å². The molecule has 0 saturated heterocycles. The van der Waals surface area contributed by atoms with Crippen LogP contribution in [0.2, 0.25) is 0 Å². The van der Waals surface area contributed by atoms with Crippen molar-refractivity contribution >= 4 is 5.97 Å². The van der Waals surface area contributed by atoms with Gasteiger partial charge in [0.05, 0.1) is 6.20 Å². The van der Waals surface area contributed by atoms with E-state index in [0.29, 0.717) is 0 Å². The molecule has 0 spiro atoms. The second kappa shape index (κ2) is 2.41. The van der Waals surface area contributed by atoms with Crippen LogP contribution in [0, 0.1) is 0 Å². The number of carboxylic acid groups (broad SMARTS) is 1. The highest BCUT2D eigenvalue weighted by Crippen LogP contribution is 1.94. The van der Waals surface area contributed by atoms with Crippen molar-refractivity contribution in [2.75, 3.05) is 0 Å². The fourth-order valence-corrected chi connectivity index (χ4v) is 0.497. The first-order valence-corrected chi connectivity index (χ1v) is 2.63. The number of aromatic carboxylic acids is 1. The summed E-state index contributed by atoms with van der Waals surface area (Å²) in [5.74, 6) is -2.44. The lowest BCUT2D eigenvalue weighted by atomic mass is 10.5. The smallest absolute Gasteiger partial charge is 0.372 e. The topological polar surface area (TPSA) is 103 Å². The molecular weight excluding hydrogens is 152 g/mol. The third-order valence-corrected chi connectivity index (χ3v) is 0.983. The van der Waals surface area contributed by atoms with Crippen LogP contribution < -0.4 is 5.56 Å². The molecule has 1 aromatic heterocycles. The number of rotatable bonds is 1. The van der Waals surface area contributed by atoms with Crippen LogP contribution >= 0.6 is 0 Å². The van der Waals surface area contributed by atoms with Crippen LogP contribution in [0.25, 0.3) is 0 Å². The van der Waals surface area contributed by atoms with Crippen LogP contribution in [-0.2, 0) is 0 Å². The molecule has 1 heterocycles. The van der Waals surface area contributed by atoms with E-state index in [9.17, 15) is 9.59 Å². The summed E-state index contributed by atoms with van der Waals surface area (Å²) in [7, 11) is 0. The van der Waals surface area contributed by atoms with E-state index in [1.807, 2.05) is 4.98 Å². The summed E-state index contributed by atoms with van der Waals surface area (Å²) in [4.78, 5) is 25.8. The monoisotopic (exact) mass is 156 g/mol. The van der Waals surface area contributed by atoms with E-state index < -0.39 is 23.1 Å². The minimum Gasteiger partial charge on any atom is -0.502 e. The molecule has 0 saturated carbocycles. The third-order valence-electron chi connectivity index (χ3n) is 0.983. The van der Waals surface area contributed by atoms with Gasteiger partial charge < -0.3 is 10.2 Å². The Morgan fingerprint density at radius 2 is 2.27 bits per heavy atom. The Balaban J connectivity index is 3.26. The lowest BCUT2D eigenvalue weighted by Crippen LogP contribution is -2.13. The number of carbonyl (C=O) groups is 1. The number of aromatic nitrogens is 2. The zero-order valence-electron chi connectivity index (χ0n) is 5.24. The van der Waals surface area contributed by atoms with E-state index in [4.69, 9.17) is 10.2 Å². The summed E-state index contributed by atoms with van der Waals surface area (Å²) >= 11 is 0. The van der Waals surface area contributed by atoms with Gasteiger partial charge >= 0.3 is 5.97 Å². The fraction of sp³-hybridized carbons (Fsp3) is 0. The SMILES string of the molecule is O=C(O)c1ncc(O)c(=O)[nH]1. The van der Waals surface area contributed by atoms with Gasteiger partial charge in [-0.15, -0.1) is 0 Å². The van der Waals surface area contributed by atoms with Gasteiger partial charge in [-0.2, -0.15) is 0 Å². The number of carboxylic acids is 1.